The molecule has 6 rings (SSSR count). The Hall–Kier alpha value is -2.83. The first-order valence-corrected chi connectivity index (χ1v) is 18.1. The number of halogens is 2. The van der Waals surface area contributed by atoms with E-state index in [-0.39, 0.29) is 30.2 Å². The Kier molecular flexibility index (Phi) is 10.1. The molecule has 0 heterocycles. The van der Waals surface area contributed by atoms with Gasteiger partial charge in [-0.15, -0.1) is 0 Å². The molecule has 2 aliphatic carbocycles. The summed E-state index contributed by atoms with van der Waals surface area (Å²) in [4.78, 5) is 0. The third-order valence-corrected chi connectivity index (χ3v) is 16.6. The third kappa shape index (κ3) is 5.98. The molecular formula is C39H36Cl2Zr. The molecule has 0 spiro atoms. The number of allylic oxidation sites excluding steroid dienone is 4. The fourth-order valence-electron chi connectivity index (χ4n) is 6.26. The van der Waals surface area contributed by atoms with Crippen molar-refractivity contribution in [3.05, 3.63) is 165 Å². The van der Waals surface area contributed by atoms with Crippen LogP contribution in [-0.2, 0) is 21.3 Å². The zero-order valence-electron chi connectivity index (χ0n) is 24.5. The van der Waals surface area contributed by atoms with Gasteiger partial charge in [0.05, 0.1) is 0 Å². The molecule has 0 bridgehead atoms. The summed E-state index contributed by atoms with van der Waals surface area (Å²) in [5, 5.41) is 0. The molecule has 3 heteroatoms. The van der Waals surface area contributed by atoms with E-state index >= 15 is 0 Å². The first-order valence-electron chi connectivity index (χ1n) is 14.2. The van der Waals surface area contributed by atoms with Crippen molar-refractivity contribution in [1.82, 2.24) is 0 Å². The van der Waals surface area contributed by atoms with E-state index in [9.17, 15) is 0 Å². The Morgan fingerprint density at radius 2 is 1.19 bits per heavy atom. The van der Waals surface area contributed by atoms with Crippen LogP contribution in [0.3, 0.4) is 0 Å². The summed E-state index contributed by atoms with van der Waals surface area (Å²) in [6.07, 6.45) is 10.1. The van der Waals surface area contributed by atoms with Crippen LogP contribution in [0.4, 0.5) is 0 Å². The number of fused-ring (bicyclic) bond motifs is 3. The monoisotopic (exact) mass is 664 g/mol. The van der Waals surface area contributed by atoms with E-state index in [1.165, 1.54) is 50.1 Å². The Bertz CT molecular complexity index is 1620. The van der Waals surface area contributed by atoms with E-state index in [2.05, 4.69) is 143 Å². The van der Waals surface area contributed by atoms with Crippen LogP contribution in [0.2, 0.25) is 0 Å². The summed E-state index contributed by atoms with van der Waals surface area (Å²) >= 11 is -2.71. The minimum absolute atomic E-state index is 0. The standard InChI is InChI=1S/C17H13.C13H10.C9H13.2ClH.Zr/c1-3-12-5-7-14-11-15-8-6-13(4-2)10-17(15)16(14)9-12;1-3-7-12(8-4-1)11-13-9-5-2-6-10-13;1-9(2,3)8-6-4-5-7-8;;;/h3-11H,1-2H2;1-10H;6-7H,4H2,1-3H3;2*1H;/q;;;;;+2/p-2. The maximum absolute atomic E-state index is 4.08. The molecule has 0 fully saturated rings. The second-order valence-corrected chi connectivity index (χ2v) is 18.1. The summed E-state index contributed by atoms with van der Waals surface area (Å²) < 4.78 is 3.65. The molecule has 0 amide bonds. The van der Waals surface area contributed by atoms with Gasteiger partial charge in [0.1, 0.15) is 0 Å². The van der Waals surface area contributed by atoms with E-state index in [1.54, 1.807) is 6.49 Å². The Balaban J connectivity index is 0.00000202. The summed E-state index contributed by atoms with van der Waals surface area (Å²) in [5.74, 6) is 0. The van der Waals surface area contributed by atoms with Gasteiger partial charge >= 0.3 is 249 Å². The van der Waals surface area contributed by atoms with Gasteiger partial charge in [-0.3, -0.25) is 0 Å². The van der Waals surface area contributed by atoms with Gasteiger partial charge in [0, 0.05) is 0 Å². The molecule has 2 aliphatic rings. The molecule has 0 saturated carbocycles. The van der Waals surface area contributed by atoms with Crippen molar-refractivity contribution in [2.45, 2.75) is 30.8 Å². The maximum Gasteiger partial charge on any atom is -1.00 e. The Labute approximate surface area is 271 Å². The Morgan fingerprint density at radius 3 is 1.60 bits per heavy atom. The fraction of sp³-hybridized carbons (Fsp3) is 0.154. The molecule has 4 aromatic rings. The van der Waals surface area contributed by atoms with Crippen LogP contribution in [0.25, 0.3) is 23.3 Å². The zero-order valence-corrected chi connectivity index (χ0v) is 28.5. The number of hydrogen-bond donors (Lipinski definition) is 0. The van der Waals surface area contributed by atoms with Crippen molar-refractivity contribution < 1.29 is 46.1 Å². The van der Waals surface area contributed by atoms with Crippen molar-refractivity contribution in [3.63, 3.8) is 0 Å². The van der Waals surface area contributed by atoms with Crippen molar-refractivity contribution in [2.75, 3.05) is 0 Å². The van der Waals surface area contributed by atoms with Gasteiger partial charge in [-0.05, 0) is 0 Å². The molecule has 0 aliphatic heterocycles. The first kappa shape index (κ1) is 32.1. The van der Waals surface area contributed by atoms with Crippen molar-refractivity contribution in [2.24, 2.45) is 5.41 Å². The average molecular weight is 667 g/mol. The predicted octanol–water partition coefficient (Wildman–Crippen LogP) is 4.20. The number of rotatable bonds is 6. The van der Waals surface area contributed by atoms with E-state index in [0.717, 1.165) is 6.42 Å². The van der Waals surface area contributed by atoms with Gasteiger partial charge in [-0.25, -0.2) is 0 Å². The van der Waals surface area contributed by atoms with Gasteiger partial charge in [0.15, 0.2) is 0 Å². The fourth-order valence-corrected chi connectivity index (χ4v) is 15.3. The van der Waals surface area contributed by atoms with Gasteiger partial charge < -0.3 is 24.8 Å². The van der Waals surface area contributed by atoms with Gasteiger partial charge in [0.2, 0.25) is 0 Å². The van der Waals surface area contributed by atoms with Gasteiger partial charge in [-0.2, -0.15) is 0 Å². The summed E-state index contributed by atoms with van der Waals surface area (Å²) in [5.41, 5.74) is 12.4. The van der Waals surface area contributed by atoms with Crippen LogP contribution in [0.15, 0.2) is 131 Å². The molecule has 0 radical (unpaired) electrons. The van der Waals surface area contributed by atoms with Crippen molar-refractivity contribution >= 4 is 15.4 Å². The van der Waals surface area contributed by atoms with Crippen molar-refractivity contribution in [3.8, 4) is 11.1 Å². The van der Waals surface area contributed by atoms with Crippen LogP contribution >= 0.6 is 0 Å². The largest absolute Gasteiger partial charge is 1.00 e. The summed E-state index contributed by atoms with van der Waals surface area (Å²) in [7, 11) is 0. The molecule has 0 aromatic heterocycles. The molecule has 0 saturated heterocycles. The van der Waals surface area contributed by atoms with Gasteiger partial charge in [-0.1, -0.05) is 0 Å². The van der Waals surface area contributed by atoms with Crippen molar-refractivity contribution in [1.29, 1.82) is 0 Å². The molecule has 42 heavy (non-hydrogen) atoms. The van der Waals surface area contributed by atoms with Crippen LogP contribution in [0.5, 0.6) is 0 Å². The molecule has 4 aromatic carbocycles. The summed E-state index contributed by atoms with van der Waals surface area (Å²) in [6.45, 7) is 15.2. The smallest absolute Gasteiger partial charge is 1.00 e. The minimum Gasteiger partial charge on any atom is -1.00 e. The summed E-state index contributed by atoms with van der Waals surface area (Å²) in [6, 6.07) is 36.4. The third-order valence-electron chi connectivity index (χ3n) is 8.30. The molecule has 0 nitrogen and oxygen atoms in total. The topological polar surface area (TPSA) is 0 Å². The molecule has 0 N–H and O–H groups in total. The molecule has 0 atom stereocenters. The van der Waals surface area contributed by atoms with Crippen LogP contribution in [0.1, 0.15) is 64.2 Å². The van der Waals surface area contributed by atoms with Gasteiger partial charge in [0.25, 0.3) is 0 Å². The van der Waals surface area contributed by atoms with Crippen LogP contribution in [0, 0.1) is 5.41 Å². The predicted molar refractivity (Wildman–Crippen MR) is 170 cm³/mol. The molecule has 0 unspecified atom stereocenters. The second kappa shape index (κ2) is 13.2. The zero-order chi connectivity index (χ0) is 27.9. The Morgan fingerprint density at radius 1 is 0.714 bits per heavy atom. The van der Waals surface area contributed by atoms with E-state index in [1.807, 2.05) is 12.2 Å². The van der Waals surface area contributed by atoms with E-state index in [0.29, 0.717) is 3.63 Å². The number of benzene rings is 4. The average Bonchev–Trinajstić information content (AvgIpc) is 3.60. The van der Waals surface area contributed by atoms with Crippen LogP contribution in [-0.4, -0.2) is 3.21 Å². The number of hydrogen-bond acceptors (Lipinski definition) is 0. The molecule has 210 valence electrons. The SMILES string of the molecule is C=Cc1ccc2c(c1)-c1cc(C=C)ccc1[CH]2[Zr+2]([C]1=CC(C(C)(C)C)=CC1)=[C](c1ccccc1)c1ccccc1.[Cl-].[Cl-]. The first-order chi connectivity index (χ1) is 19.4. The minimum atomic E-state index is -2.71. The van der Waals surface area contributed by atoms with E-state index in [4.69, 9.17) is 0 Å². The quantitative estimate of drug-likeness (QED) is 0.290. The van der Waals surface area contributed by atoms with E-state index < -0.39 is 21.3 Å². The second-order valence-electron chi connectivity index (χ2n) is 11.8. The van der Waals surface area contributed by atoms with Crippen LogP contribution < -0.4 is 24.8 Å². The normalized spacial score (nSPS) is 13.3. The molecular weight excluding hydrogens is 631 g/mol. The maximum atomic E-state index is 4.08.